The number of amides is 2. The Bertz CT molecular complexity index is 368. The topological polar surface area (TPSA) is 62.6 Å². The van der Waals surface area contributed by atoms with E-state index in [1.165, 1.54) is 6.26 Å². The van der Waals surface area contributed by atoms with Crippen molar-refractivity contribution in [1.82, 2.24) is 10.2 Å². The number of nitrogens with one attached hydrogen (secondary N) is 1. The van der Waals surface area contributed by atoms with Crippen LogP contribution in [0.3, 0.4) is 0 Å². The Morgan fingerprint density at radius 2 is 1.94 bits per heavy atom. The molecule has 18 heavy (non-hydrogen) atoms. The van der Waals surface area contributed by atoms with Crippen LogP contribution >= 0.6 is 0 Å². The van der Waals surface area contributed by atoms with Crippen molar-refractivity contribution in [2.24, 2.45) is 0 Å². The van der Waals surface area contributed by atoms with Crippen LogP contribution in [0.25, 0.3) is 0 Å². The largest absolute Gasteiger partial charge is 0.467 e. The van der Waals surface area contributed by atoms with Crippen molar-refractivity contribution in [2.45, 2.75) is 33.2 Å². The predicted octanol–water partition coefficient (Wildman–Crippen LogP) is 1.54. The van der Waals surface area contributed by atoms with Gasteiger partial charge in [-0.2, -0.15) is 0 Å². The quantitative estimate of drug-likeness (QED) is 0.781. The van der Waals surface area contributed by atoms with E-state index in [0.717, 1.165) is 12.8 Å². The van der Waals surface area contributed by atoms with Crippen molar-refractivity contribution in [3.63, 3.8) is 0 Å². The predicted molar refractivity (Wildman–Crippen MR) is 67.7 cm³/mol. The molecule has 1 heterocycles. The second-order valence-electron chi connectivity index (χ2n) is 4.05. The van der Waals surface area contributed by atoms with Gasteiger partial charge in [-0.15, -0.1) is 0 Å². The monoisotopic (exact) mass is 252 g/mol. The van der Waals surface area contributed by atoms with Gasteiger partial charge in [0.25, 0.3) is 0 Å². The molecule has 0 atom stereocenters. The second-order valence-corrected chi connectivity index (χ2v) is 4.05. The lowest BCUT2D eigenvalue weighted by Crippen LogP contribution is -2.43. The third kappa shape index (κ3) is 4.24. The Morgan fingerprint density at radius 1 is 1.28 bits per heavy atom. The van der Waals surface area contributed by atoms with Crippen LogP contribution in [0.4, 0.5) is 0 Å². The van der Waals surface area contributed by atoms with Crippen molar-refractivity contribution in [1.29, 1.82) is 0 Å². The van der Waals surface area contributed by atoms with Crippen molar-refractivity contribution < 1.29 is 14.0 Å². The number of nitrogens with zero attached hydrogens (tertiary/aromatic N) is 1. The van der Waals surface area contributed by atoms with Crippen molar-refractivity contribution in [3.8, 4) is 0 Å². The Balaban J connectivity index is 2.45. The van der Waals surface area contributed by atoms with Gasteiger partial charge < -0.3 is 14.6 Å². The average molecular weight is 252 g/mol. The Morgan fingerprint density at radius 3 is 2.44 bits per heavy atom. The van der Waals surface area contributed by atoms with Gasteiger partial charge in [0, 0.05) is 13.1 Å². The van der Waals surface area contributed by atoms with E-state index < -0.39 is 11.8 Å². The van der Waals surface area contributed by atoms with Gasteiger partial charge in [-0.05, 0) is 25.0 Å². The van der Waals surface area contributed by atoms with Gasteiger partial charge in [0.2, 0.25) is 0 Å². The van der Waals surface area contributed by atoms with Crippen LogP contribution in [0.15, 0.2) is 22.8 Å². The molecule has 100 valence electrons. The molecule has 0 saturated carbocycles. The number of carbonyl (C=O) groups excluding carboxylic acids is 2. The van der Waals surface area contributed by atoms with Crippen LogP contribution in [0, 0.1) is 0 Å². The standard InChI is InChI=1S/C13H20N2O3/c1-3-7-15(8-4-2)13(17)12(16)14-10-11-6-5-9-18-11/h5-6,9H,3-4,7-8,10H2,1-2H3,(H,14,16). The number of hydrogen-bond donors (Lipinski definition) is 1. The summed E-state index contributed by atoms with van der Waals surface area (Å²) in [5.74, 6) is -0.410. The molecule has 1 rings (SSSR count). The lowest BCUT2D eigenvalue weighted by Gasteiger charge is -2.20. The third-order valence-electron chi connectivity index (χ3n) is 2.47. The molecule has 0 radical (unpaired) electrons. The van der Waals surface area contributed by atoms with Gasteiger partial charge in [-0.3, -0.25) is 9.59 Å². The van der Waals surface area contributed by atoms with E-state index in [4.69, 9.17) is 4.42 Å². The first-order chi connectivity index (χ1) is 8.69. The summed E-state index contributed by atoms with van der Waals surface area (Å²) >= 11 is 0. The van der Waals surface area contributed by atoms with Gasteiger partial charge >= 0.3 is 11.8 Å². The maximum absolute atomic E-state index is 11.9. The molecule has 5 heteroatoms. The lowest BCUT2D eigenvalue weighted by molar-refractivity contribution is -0.146. The van der Waals surface area contributed by atoms with E-state index in [-0.39, 0.29) is 6.54 Å². The minimum atomic E-state index is -0.576. The summed E-state index contributed by atoms with van der Waals surface area (Å²) in [5.41, 5.74) is 0. The molecule has 0 aliphatic carbocycles. The number of hydrogen-bond acceptors (Lipinski definition) is 3. The summed E-state index contributed by atoms with van der Waals surface area (Å²) in [6.45, 7) is 5.43. The number of rotatable bonds is 6. The van der Waals surface area contributed by atoms with Crippen LogP contribution in [0.5, 0.6) is 0 Å². The molecule has 1 aromatic heterocycles. The Kier molecular flexibility index (Phi) is 5.97. The van der Waals surface area contributed by atoms with Crippen molar-refractivity contribution in [3.05, 3.63) is 24.2 Å². The zero-order valence-electron chi connectivity index (χ0n) is 10.9. The number of furan rings is 1. The summed E-state index contributed by atoms with van der Waals surface area (Å²) in [5, 5.41) is 2.56. The highest BCUT2D eigenvalue weighted by molar-refractivity contribution is 6.34. The fourth-order valence-electron chi connectivity index (χ4n) is 1.65. The molecular formula is C13H20N2O3. The summed E-state index contributed by atoms with van der Waals surface area (Å²) < 4.78 is 5.08. The SMILES string of the molecule is CCCN(CCC)C(=O)C(=O)NCc1ccco1. The summed E-state index contributed by atoms with van der Waals surface area (Å²) in [4.78, 5) is 25.1. The van der Waals surface area contributed by atoms with E-state index in [1.54, 1.807) is 17.0 Å². The van der Waals surface area contributed by atoms with Crippen LogP contribution in [-0.2, 0) is 16.1 Å². The molecule has 0 aliphatic rings. The molecule has 0 aromatic carbocycles. The fraction of sp³-hybridized carbons (Fsp3) is 0.538. The minimum absolute atomic E-state index is 0.240. The Hall–Kier alpha value is -1.78. The smallest absolute Gasteiger partial charge is 0.311 e. The van der Waals surface area contributed by atoms with E-state index in [9.17, 15) is 9.59 Å². The molecule has 1 N–H and O–H groups in total. The maximum Gasteiger partial charge on any atom is 0.311 e. The molecule has 1 aromatic rings. The summed E-state index contributed by atoms with van der Waals surface area (Å²) in [6.07, 6.45) is 3.22. The highest BCUT2D eigenvalue weighted by Crippen LogP contribution is 2.00. The second kappa shape index (κ2) is 7.53. The molecule has 2 amide bonds. The normalized spacial score (nSPS) is 10.1. The molecule has 0 saturated heterocycles. The zero-order chi connectivity index (χ0) is 13.4. The first kappa shape index (κ1) is 14.3. The molecule has 0 bridgehead atoms. The molecule has 0 unspecified atom stereocenters. The first-order valence-corrected chi connectivity index (χ1v) is 6.28. The average Bonchev–Trinajstić information content (AvgIpc) is 2.88. The van der Waals surface area contributed by atoms with E-state index in [0.29, 0.717) is 18.8 Å². The first-order valence-electron chi connectivity index (χ1n) is 6.28. The summed E-state index contributed by atoms with van der Waals surface area (Å²) in [7, 11) is 0. The zero-order valence-corrected chi connectivity index (χ0v) is 10.9. The van der Waals surface area contributed by atoms with E-state index in [1.807, 2.05) is 13.8 Å². The fourth-order valence-corrected chi connectivity index (χ4v) is 1.65. The van der Waals surface area contributed by atoms with Crippen molar-refractivity contribution >= 4 is 11.8 Å². The van der Waals surface area contributed by atoms with E-state index >= 15 is 0 Å². The Labute approximate surface area is 107 Å². The van der Waals surface area contributed by atoms with Gasteiger partial charge in [0.1, 0.15) is 5.76 Å². The minimum Gasteiger partial charge on any atom is -0.467 e. The molecule has 0 fully saturated rings. The molecule has 0 spiro atoms. The maximum atomic E-state index is 11.9. The van der Waals surface area contributed by atoms with Gasteiger partial charge in [0.05, 0.1) is 12.8 Å². The molecular weight excluding hydrogens is 232 g/mol. The highest BCUT2D eigenvalue weighted by Gasteiger charge is 2.20. The van der Waals surface area contributed by atoms with Gasteiger partial charge in [-0.1, -0.05) is 13.8 Å². The van der Waals surface area contributed by atoms with Gasteiger partial charge in [-0.25, -0.2) is 0 Å². The van der Waals surface area contributed by atoms with Crippen LogP contribution in [-0.4, -0.2) is 29.8 Å². The third-order valence-corrected chi connectivity index (χ3v) is 2.47. The van der Waals surface area contributed by atoms with E-state index in [2.05, 4.69) is 5.32 Å². The lowest BCUT2D eigenvalue weighted by atomic mass is 10.3. The molecule has 0 aliphatic heterocycles. The van der Waals surface area contributed by atoms with Crippen LogP contribution < -0.4 is 5.32 Å². The number of carbonyl (C=O) groups is 2. The van der Waals surface area contributed by atoms with Crippen molar-refractivity contribution in [2.75, 3.05) is 13.1 Å². The van der Waals surface area contributed by atoms with Crippen LogP contribution in [0.1, 0.15) is 32.4 Å². The van der Waals surface area contributed by atoms with Crippen LogP contribution in [0.2, 0.25) is 0 Å². The molecule has 5 nitrogen and oxygen atoms in total. The summed E-state index contributed by atoms with van der Waals surface area (Å²) in [6, 6.07) is 3.49. The van der Waals surface area contributed by atoms with Gasteiger partial charge in [0.15, 0.2) is 0 Å². The highest BCUT2D eigenvalue weighted by atomic mass is 16.3.